The lowest BCUT2D eigenvalue weighted by Gasteiger charge is -2.22. The molecule has 0 saturated heterocycles. The molecule has 0 aliphatic heterocycles. The molecule has 1 rings (SSSR count). The first-order valence-electron chi connectivity index (χ1n) is 5.38. The van der Waals surface area contributed by atoms with Crippen LogP contribution in [-0.2, 0) is 22.5 Å². The van der Waals surface area contributed by atoms with Gasteiger partial charge in [0.05, 0.1) is 13.7 Å². The number of nitrogens with two attached hydrogens (primary N) is 1. The van der Waals surface area contributed by atoms with Gasteiger partial charge in [-0.25, -0.2) is 4.98 Å². The van der Waals surface area contributed by atoms with E-state index in [0.717, 1.165) is 18.7 Å². The van der Waals surface area contributed by atoms with Gasteiger partial charge in [0.2, 0.25) is 0 Å². The summed E-state index contributed by atoms with van der Waals surface area (Å²) in [6.07, 6.45) is 5.44. The lowest BCUT2D eigenvalue weighted by Crippen LogP contribution is -2.49. The number of esters is 1. The van der Waals surface area contributed by atoms with Crippen molar-refractivity contribution < 1.29 is 9.53 Å². The molecule has 0 aliphatic rings. The van der Waals surface area contributed by atoms with Crippen molar-refractivity contribution in [2.45, 2.75) is 38.8 Å². The topological polar surface area (TPSA) is 70.1 Å². The molecule has 16 heavy (non-hydrogen) atoms. The monoisotopic (exact) mass is 225 g/mol. The van der Waals surface area contributed by atoms with E-state index in [1.54, 1.807) is 13.1 Å². The van der Waals surface area contributed by atoms with Crippen LogP contribution in [0.1, 0.15) is 26.1 Å². The Labute approximate surface area is 95.6 Å². The van der Waals surface area contributed by atoms with Crippen LogP contribution in [0.15, 0.2) is 12.4 Å². The van der Waals surface area contributed by atoms with Crippen LogP contribution in [-0.4, -0.2) is 28.2 Å². The second kappa shape index (κ2) is 5.12. The molecule has 0 fully saturated rings. The molecule has 0 radical (unpaired) electrons. The van der Waals surface area contributed by atoms with Crippen molar-refractivity contribution in [1.82, 2.24) is 9.55 Å². The van der Waals surface area contributed by atoms with E-state index in [9.17, 15) is 4.79 Å². The fraction of sp³-hybridized carbons (Fsp3) is 0.636. The van der Waals surface area contributed by atoms with E-state index >= 15 is 0 Å². The van der Waals surface area contributed by atoms with Crippen molar-refractivity contribution in [3.8, 4) is 0 Å². The van der Waals surface area contributed by atoms with Crippen LogP contribution in [0.3, 0.4) is 0 Å². The fourth-order valence-corrected chi connectivity index (χ4v) is 1.59. The molecule has 5 heteroatoms. The smallest absolute Gasteiger partial charge is 0.327 e. The molecule has 1 aromatic heterocycles. The number of aryl methyl sites for hydroxylation is 1. The Bertz CT molecular complexity index is 358. The van der Waals surface area contributed by atoms with E-state index in [1.807, 2.05) is 10.8 Å². The number of hydrogen-bond acceptors (Lipinski definition) is 4. The second-order valence-corrected chi connectivity index (χ2v) is 4.13. The van der Waals surface area contributed by atoms with Crippen LogP contribution in [0.5, 0.6) is 0 Å². The van der Waals surface area contributed by atoms with Gasteiger partial charge in [-0.1, -0.05) is 6.92 Å². The van der Waals surface area contributed by atoms with Crippen LogP contribution < -0.4 is 5.73 Å². The second-order valence-electron chi connectivity index (χ2n) is 4.13. The number of ether oxygens (including phenoxy) is 1. The average molecular weight is 225 g/mol. The number of hydrogen-bond donors (Lipinski definition) is 1. The van der Waals surface area contributed by atoms with Gasteiger partial charge in [0.25, 0.3) is 0 Å². The van der Waals surface area contributed by atoms with Crippen molar-refractivity contribution in [2.24, 2.45) is 5.73 Å². The van der Waals surface area contributed by atoms with Gasteiger partial charge in [-0.05, 0) is 13.3 Å². The van der Waals surface area contributed by atoms with E-state index in [4.69, 9.17) is 5.73 Å². The highest BCUT2D eigenvalue weighted by molar-refractivity contribution is 5.79. The summed E-state index contributed by atoms with van der Waals surface area (Å²) >= 11 is 0. The minimum Gasteiger partial charge on any atom is -0.468 e. The maximum atomic E-state index is 11.4. The van der Waals surface area contributed by atoms with Gasteiger partial charge in [-0.2, -0.15) is 0 Å². The molecule has 2 N–H and O–H groups in total. The standard InChI is InChI=1S/C11H19N3O2/c1-4-5-9-13-6-7-14(9)8-11(2,12)10(15)16-3/h6-7H,4-5,8,12H2,1-3H3. The molecule has 1 atom stereocenters. The Morgan fingerprint density at radius 3 is 2.94 bits per heavy atom. The minimum absolute atomic E-state index is 0.384. The Kier molecular flexibility index (Phi) is 4.06. The third-order valence-corrected chi connectivity index (χ3v) is 2.43. The van der Waals surface area contributed by atoms with Crippen molar-refractivity contribution in [3.05, 3.63) is 18.2 Å². The predicted octanol–water partition coefficient (Wildman–Crippen LogP) is 0.726. The van der Waals surface area contributed by atoms with E-state index in [2.05, 4.69) is 16.6 Å². The average Bonchev–Trinajstić information content (AvgIpc) is 2.64. The molecule has 0 spiro atoms. The molecular weight excluding hydrogens is 206 g/mol. The van der Waals surface area contributed by atoms with Crippen LogP contribution >= 0.6 is 0 Å². The summed E-state index contributed by atoms with van der Waals surface area (Å²) in [5.41, 5.74) is 4.89. The first kappa shape index (κ1) is 12.7. The molecule has 5 nitrogen and oxygen atoms in total. The van der Waals surface area contributed by atoms with Gasteiger partial charge in [-0.3, -0.25) is 4.79 Å². The molecule has 90 valence electrons. The number of aromatic nitrogens is 2. The summed E-state index contributed by atoms with van der Waals surface area (Å²) in [6, 6.07) is 0. The third kappa shape index (κ3) is 2.82. The van der Waals surface area contributed by atoms with E-state index in [1.165, 1.54) is 7.11 Å². The molecule has 0 saturated carbocycles. The Morgan fingerprint density at radius 1 is 1.69 bits per heavy atom. The van der Waals surface area contributed by atoms with Crippen LogP contribution in [0, 0.1) is 0 Å². The zero-order valence-electron chi connectivity index (χ0n) is 10.1. The number of imidazole rings is 1. The van der Waals surface area contributed by atoms with Crippen LogP contribution in [0.2, 0.25) is 0 Å². The Morgan fingerprint density at radius 2 is 2.38 bits per heavy atom. The van der Waals surface area contributed by atoms with E-state index in [0.29, 0.717) is 6.54 Å². The van der Waals surface area contributed by atoms with Crippen molar-refractivity contribution in [3.63, 3.8) is 0 Å². The maximum absolute atomic E-state index is 11.4. The molecule has 1 unspecified atom stereocenters. The molecular formula is C11H19N3O2. The van der Waals surface area contributed by atoms with Gasteiger partial charge in [0, 0.05) is 18.8 Å². The van der Waals surface area contributed by atoms with Gasteiger partial charge in [0.1, 0.15) is 11.4 Å². The summed E-state index contributed by atoms with van der Waals surface area (Å²) < 4.78 is 6.57. The summed E-state index contributed by atoms with van der Waals surface area (Å²) in [4.78, 5) is 15.7. The summed E-state index contributed by atoms with van der Waals surface area (Å²) in [5.74, 6) is 0.534. The predicted molar refractivity (Wildman–Crippen MR) is 60.8 cm³/mol. The highest BCUT2D eigenvalue weighted by atomic mass is 16.5. The first-order valence-corrected chi connectivity index (χ1v) is 5.38. The van der Waals surface area contributed by atoms with E-state index in [-0.39, 0.29) is 0 Å². The van der Waals surface area contributed by atoms with Gasteiger partial charge >= 0.3 is 5.97 Å². The number of carbonyl (C=O) groups is 1. The maximum Gasteiger partial charge on any atom is 0.327 e. The molecule has 0 aliphatic carbocycles. The Hall–Kier alpha value is -1.36. The largest absolute Gasteiger partial charge is 0.468 e. The lowest BCUT2D eigenvalue weighted by atomic mass is 10.0. The van der Waals surface area contributed by atoms with E-state index < -0.39 is 11.5 Å². The van der Waals surface area contributed by atoms with Gasteiger partial charge in [0.15, 0.2) is 0 Å². The number of carbonyl (C=O) groups excluding carboxylic acids is 1. The van der Waals surface area contributed by atoms with Crippen molar-refractivity contribution in [1.29, 1.82) is 0 Å². The molecule has 1 heterocycles. The summed E-state index contributed by atoms with van der Waals surface area (Å²) in [7, 11) is 1.34. The fourth-order valence-electron chi connectivity index (χ4n) is 1.59. The van der Waals surface area contributed by atoms with Crippen LogP contribution in [0.4, 0.5) is 0 Å². The zero-order chi connectivity index (χ0) is 12.2. The van der Waals surface area contributed by atoms with Crippen LogP contribution in [0.25, 0.3) is 0 Å². The highest BCUT2D eigenvalue weighted by Crippen LogP contribution is 2.09. The quantitative estimate of drug-likeness (QED) is 0.750. The SMILES string of the molecule is CCCc1nccn1CC(C)(N)C(=O)OC. The summed E-state index contributed by atoms with van der Waals surface area (Å²) in [5, 5.41) is 0. The summed E-state index contributed by atoms with van der Waals surface area (Å²) in [6.45, 7) is 4.13. The van der Waals surface area contributed by atoms with Gasteiger partial charge < -0.3 is 15.0 Å². The molecule has 0 aromatic carbocycles. The number of rotatable bonds is 5. The highest BCUT2D eigenvalue weighted by Gasteiger charge is 2.30. The van der Waals surface area contributed by atoms with Crippen molar-refractivity contribution in [2.75, 3.05) is 7.11 Å². The third-order valence-electron chi connectivity index (χ3n) is 2.43. The normalized spacial score (nSPS) is 14.5. The zero-order valence-corrected chi connectivity index (χ0v) is 10.1. The molecule has 1 aromatic rings. The molecule has 0 bridgehead atoms. The molecule has 0 amide bonds. The minimum atomic E-state index is -1.02. The van der Waals surface area contributed by atoms with Gasteiger partial charge in [-0.15, -0.1) is 0 Å². The lowest BCUT2D eigenvalue weighted by molar-refractivity contribution is -0.146. The Balaban J connectivity index is 2.79. The van der Waals surface area contributed by atoms with Crippen molar-refractivity contribution >= 4 is 5.97 Å². The number of nitrogens with zero attached hydrogens (tertiary/aromatic N) is 2. The first-order chi connectivity index (χ1) is 7.51. The number of methoxy groups -OCH3 is 1.